The van der Waals surface area contributed by atoms with E-state index in [0.717, 1.165) is 50.4 Å². The molecular formula is C17H28O2S. The Labute approximate surface area is 127 Å². The summed E-state index contributed by atoms with van der Waals surface area (Å²) in [5, 5.41) is 0. The van der Waals surface area contributed by atoms with Gasteiger partial charge >= 0.3 is 0 Å². The zero-order valence-corrected chi connectivity index (χ0v) is 13.6. The third-order valence-corrected chi connectivity index (χ3v) is 6.95. The van der Waals surface area contributed by atoms with Gasteiger partial charge in [-0.2, -0.15) is 11.8 Å². The summed E-state index contributed by atoms with van der Waals surface area (Å²) in [7, 11) is 0. The van der Waals surface area contributed by atoms with Gasteiger partial charge in [-0.25, -0.2) is 0 Å². The molecule has 1 aliphatic carbocycles. The number of ether oxygens (including phenoxy) is 1. The lowest BCUT2D eigenvalue weighted by molar-refractivity contribution is -0.139. The summed E-state index contributed by atoms with van der Waals surface area (Å²) in [5.41, 5.74) is 0.0576. The Kier molecular flexibility index (Phi) is 4.76. The minimum atomic E-state index is 0.0576. The molecule has 114 valence electrons. The van der Waals surface area contributed by atoms with Crippen molar-refractivity contribution in [3.63, 3.8) is 0 Å². The van der Waals surface area contributed by atoms with Gasteiger partial charge in [0, 0.05) is 24.2 Å². The first-order valence-electron chi connectivity index (χ1n) is 8.48. The van der Waals surface area contributed by atoms with Crippen LogP contribution in [0, 0.1) is 17.8 Å². The molecule has 2 aliphatic heterocycles. The fourth-order valence-corrected chi connectivity index (χ4v) is 5.77. The second kappa shape index (κ2) is 6.39. The number of hydrogen-bond acceptors (Lipinski definition) is 3. The molecule has 2 nitrogen and oxygen atoms in total. The van der Waals surface area contributed by atoms with Crippen molar-refractivity contribution in [2.75, 3.05) is 18.1 Å². The number of ketones is 1. The first-order valence-corrected chi connectivity index (χ1v) is 9.63. The Morgan fingerprint density at radius 2 is 2.20 bits per heavy atom. The van der Waals surface area contributed by atoms with Gasteiger partial charge in [-0.05, 0) is 43.8 Å². The predicted molar refractivity (Wildman–Crippen MR) is 84.1 cm³/mol. The van der Waals surface area contributed by atoms with Crippen LogP contribution >= 0.6 is 11.8 Å². The van der Waals surface area contributed by atoms with Crippen molar-refractivity contribution in [2.45, 2.75) is 63.9 Å². The smallest absolute Gasteiger partial charge is 0.139 e. The largest absolute Gasteiger partial charge is 0.374 e. The van der Waals surface area contributed by atoms with E-state index < -0.39 is 0 Å². The van der Waals surface area contributed by atoms with Crippen LogP contribution in [0.1, 0.15) is 58.3 Å². The Morgan fingerprint density at radius 3 is 2.95 bits per heavy atom. The molecule has 0 radical (unpaired) electrons. The van der Waals surface area contributed by atoms with Gasteiger partial charge < -0.3 is 4.74 Å². The highest BCUT2D eigenvalue weighted by molar-refractivity contribution is 7.99. The van der Waals surface area contributed by atoms with Gasteiger partial charge in [-0.15, -0.1) is 0 Å². The fraction of sp³-hybridized carbons (Fsp3) is 0.941. The van der Waals surface area contributed by atoms with E-state index in [2.05, 4.69) is 6.92 Å². The van der Waals surface area contributed by atoms with Gasteiger partial charge in [0.05, 0.1) is 5.60 Å². The van der Waals surface area contributed by atoms with Gasteiger partial charge in [0.25, 0.3) is 0 Å². The maximum absolute atomic E-state index is 12.9. The van der Waals surface area contributed by atoms with Crippen LogP contribution in [0.25, 0.3) is 0 Å². The molecule has 1 spiro atoms. The lowest BCUT2D eigenvalue weighted by Gasteiger charge is -2.39. The van der Waals surface area contributed by atoms with E-state index in [1.807, 2.05) is 11.8 Å². The van der Waals surface area contributed by atoms with Crippen LogP contribution in [0.3, 0.4) is 0 Å². The lowest BCUT2D eigenvalue weighted by atomic mass is 9.72. The van der Waals surface area contributed by atoms with Crippen molar-refractivity contribution in [3.05, 3.63) is 0 Å². The standard InChI is InChI=1S/C17H28O2S/c1-2-13-4-3-5-14(10-13)16(18)15-6-8-19-17(11-15)7-9-20-12-17/h13-15H,2-12H2,1H3. The van der Waals surface area contributed by atoms with Crippen LogP contribution < -0.4 is 0 Å². The Bertz CT molecular complexity index is 349. The monoisotopic (exact) mass is 296 g/mol. The van der Waals surface area contributed by atoms with Crippen LogP contribution in [0.4, 0.5) is 0 Å². The Morgan fingerprint density at radius 1 is 1.30 bits per heavy atom. The van der Waals surface area contributed by atoms with Crippen molar-refractivity contribution in [1.82, 2.24) is 0 Å². The topological polar surface area (TPSA) is 26.3 Å². The molecule has 3 aliphatic rings. The normalized spacial score (nSPS) is 42.0. The molecule has 3 heteroatoms. The minimum absolute atomic E-state index is 0.0576. The van der Waals surface area contributed by atoms with Crippen molar-refractivity contribution in [1.29, 1.82) is 0 Å². The average molecular weight is 296 g/mol. The molecule has 1 saturated carbocycles. The highest BCUT2D eigenvalue weighted by Gasteiger charge is 2.43. The second-order valence-corrected chi connectivity index (χ2v) is 8.17. The molecule has 0 N–H and O–H groups in total. The molecule has 0 aromatic rings. The summed E-state index contributed by atoms with van der Waals surface area (Å²) in [6.45, 7) is 3.08. The zero-order valence-electron chi connectivity index (χ0n) is 12.7. The van der Waals surface area contributed by atoms with Crippen molar-refractivity contribution in [3.8, 4) is 0 Å². The third-order valence-electron chi connectivity index (χ3n) is 5.72. The van der Waals surface area contributed by atoms with Gasteiger partial charge in [0.15, 0.2) is 0 Å². The zero-order chi connectivity index (χ0) is 14.0. The molecule has 4 atom stereocenters. The number of rotatable bonds is 3. The van der Waals surface area contributed by atoms with E-state index in [-0.39, 0.29) is 5.60 Å². The van der Waals surface area contributed by atoms with Crippen molar-refractivity contribution >= 4 is 17.5 Å². The molecule has 2 saturated heterocycles. The molecule has 0 aromatic heterocycles. The average Bonchev–Trinajstić information content (AvgIpc) is 2.94. The second-order valence-electron chi connectivity index (χ2n) is 7.06. The van der Waals surface area contributed by atoms with Crippen LogP contribution in [0.15, 0.2) is 0 Å². The summed E-state index contributed by atoms with van der Waals surface area (Å²) in [5.74, 6) is 4.36. The molecule has 3 rings (SSSR count). The van der Waals surface area contributed by atoms with Gasteiger partial charge in [-0.3, -0.25) is 4.79 Å². The van der Waals surface area contributed by atoms with Crippen LogP contribution in [-0.4, -0.2) is 29.5 Å². The molecule has 0 aromatic carbocycles. The van der Waals surface area contributed by atoms with Gasteiger partial charge in [0.1, 0.15) is 5.78 Å². The van der Waals surface area contributed by atoms with Crippen molar-refractivity contribution in [2.24, 2.45) is 17.8 Å². The number of Topliss-reactive ketones (excluding diaryl/α,β-unsaturated/α-hetero) is 1. The molecular weight excluding hydrogens is 268 g/mol. The van der Waals surface area contributed by atoms with Crippen LogP contribution in [0.5, 0.6) is 0 Å². The highest BCUT2D eigenvalue weighted by atomic mass is 32.2. The lowest BCUT2D eigenvalue weighted by Crippen LogP contribution is -2.43. The highest BCUT2D eigenvalue weighted by Crippen LogP contribution is 2.42. The molecule has 3 fully saturated rings. The van der Waals surface area contributed by atoms with Gasteiger partial charge in [-0.1, -0.05) is 26.2 Å². The number of carbonyl (C=O) groups is 1. The van der Waals surface area contributed by atoms with Crippen molar-refractivity contribution < 1.29 is 9.53 Å². The summed E-state index contributed by atoms with van der Waals surface area (Å²) in [4.78, 5) is 12.9. The molecule has 0 amide bonds. The molecule has 20 heavy (non-hydrogen) atoms. The Balaban J connectivity index is 1.61. The summed E-state index contributed by atoms with van der Waals surface area (Å²) >= 11 is 2.00. The first-order chi connectivity index (χ1) is 9.72. The van der Waals surface area contributed by atoms with Crippen LogP contribution in [0.2, 0.25) is 0 Å². The van der Waals surface area contributed by atoms with E-state index in [9.17, 15) is 4.79 Å². The summed E-state index contributed by atoms with van der Waals surface area (Å²) in [6.07, 6.45) is 9.29. The van der Waals surface area contributed by atoms with Gasteiger partial charge in [0.2, 0.25) is 0 Å². The SMILES string of the molecule is CCC1CCCC(C(=O)C2CCOC3(CCSC3)C2)C1. The maximum atomic E-state index is 12.9. The number of carbonyl (C=O) groups excluding carboxylic acids is 1. The predicted octanol–water partition coefficient (Wildman–Crippen LogP) is 4.07. The first kappa shape index (κ1) is 14.9. The third kappa shape index (κ3) is 3.09. The minimum Gasteiger partial charge on any atom is -0.374 e. The van der Waals surface area contributed by atoms with E-state index in [1.165, 1.54) is 25.0 Å². The summed E-state index contributed by atoms with van der Waals surface area (Å²) in [6, 6.07) is 0. The fourth-order valence-electron chi connectivity index (χ4n) is 4.39. The van der Waals surface area contributed by atoms with E-state index in [4.69, 9.17) is 4.74 Å². The quantitative estimate of drug-likeness (QED) is 0.785. The molecule has 4 unspecified atom stereocenters. The molecule has 2 heterocycles. The maximum Gasteiger partial charge on any atom is 0.139 e. The Hall–Kier alpha value is -0.0200. The number of thioether (sulfide) groups is 1. The van der Waals surface area contributed by atoms with E-state index in [1.54, 1.807) is 0 Å². The number of hydrogen-bond donors (Lipinski definition) is 0. The molecule has 0 bridgehead atoms. The summed E-state index contributed by atoms with van der Waals surface area (Å²) < 4.78 is 6.06. The van der Waals surface area contributed by atoms with Crippen LogP contribution in [-0.2, 0) is 9.53 Å². The van der Waals surface area contributed by atoms with E-state index in [0.29, 0.717) is 17.6 Å². The van der Waals surface area contributed by atoms with E-state index >= 15 is 0 Å².